The number of aliphatic hydroxyl groups is 2. The lowest BCUT2D eigenvalue weighted by atomic mass is 9.92. The summed E-state index contributed by atoms with van der Waals surface area (Å²) in [7, 11) is 0. The first-order valence-corrected chi connectivity index (χ1v) is 9.80. The molecule has 4 rings (SSSR count). The number of carbonyl (C=O) groups is 1. The molecule has 0 aliphatic heterocycles. The Balaban J connectivity index is 1.97. The van der Waals surface area contributed by atoms with E-state index in [1.54, 1.807) is 12.1 Å². The molecule has 0 fully saturated rings. The molecule has 2 N–H and O–H groups in total. The van der Waals surface area contributed by atoms with E-state index in [0.29, 0.717) is 22.6 Å². The summed E-state index contributed by atoms with van der Waals surface area (Å²) in [6, 6.07) is 22.5. The van der Waals surface area contributed by atoms with E-state index in [0.717, 1.165) is 21.5 Å². The van der Waals surface area contributed by atoms with Crippen LogP contribution in [0.15, 0.2) is 72.8 Å². The number of rotatable bonds is 8. The molecule has 0 unspecified atom stereocenters. The second kappa shape index (κ2) is 8.95. The fourth-order valence-electron chi connectivity index (χ4n) is 3.65. The lowest BCUT2D eigenvalue weighted by Crippen LogP contribution is -2.12. The third kappa shape index (κ3) is 3.73. The Morgan fingerprint density at radius 2 is 1.07 bits per heavy atom. The zero-order valence-electron chi connectivity index (χ0n) is 16.4. The Hall–Kier alpha value is -3.41. The van der Waals surface area contributed by atoms with Gasteiger partial charge in [-0.3, -0.25) is 4.79 Å². The Labute approximate surface area is 174 Å². The number of carbonyl (C=O) groups excluding carboxylic acids is 1. The molecular formula is C25H22O5. The molecule has 0 aliphatic rings. The number of ether oxygens (including phenoxy) is 2. The summed E-state index contributed by atoms with van der Waals surface area (Å²) in [6.45, 7) is -0.136. The van der Waals surface area contributed by atoms with Crippen LogP contribution in [0.2, 0.25) is 0 Å². The molecule has 0 atom stereocenters. The zero-order chi connectivity index (χ0) is 20.9. The Kier molecular flexibility index (Phi) is 5.93. The number of fused-ring (bicyclic) bond motifs is 2. The van der Waals surface area contributed by atoms with Gasteiger partial charge in [0.1, 0.15) is 24.7 Å². The molecule has 30 heavy (non-hydrogen) atoms. The van der Waals surface area contributed by atoms with Gasteiger partial charge in [0.15, 0.2) is 0 Å². The molecular weight excluding hydrogens is 380 g/mol. The third-order valence-corrected chi connectivity index (χ3v) is 4.93. The normalized spacial score (nSPS) is 11.0. The maximum Gasteiger partial charge on any atom is 0.201 e. The van der Waals surface area contributed by atoms with Crippen LogP contribution in [0.4, 0.5) is 0 Å². The first kappa shape index (κ1) is 19.9. The average Bonchev–Trinajstić information content (AvgIpc) is 2.80. The predicted octanol–water partition coefficient (Wildman–Crippen LogP) is 3.97. The Morgan fingerprint density at radius 3 is 1.50 bits per heavy atom. The minimum atomic E-state index is -0.232. The molecule has 0 amide bonds. The van der Waals surface area contributed by atoms with Crippen LogP contribution in [0.3, 0.4) is 0 Å². The summed E-state index contributed by atoms with van der Waals surface area (Å²) in [5.41, 5.74) is 0.846. The summed E-state index contributed by atoms with van der Waals surface area (Å²) in [4.78, 5) is 14.0. The number of aliphatic hydroxyl groups excluding tert-OH is 2. The second-order valence-electron chi connectivity index (χ2n) is 6.79. The van der Waals surface area contributed by atoms with Crippen molar-refractivity contribution in [2.75, 3.05) is 26.4 Å². The van der Waals surface area contributed by atoms with Crippen molar-refractivity contribution >= 4 is 27.3 Å². The van der Waals surface area contributed by atoms with E-state index in [1.807, 2.05) is 60.7 Å². The molecule has 0 heterocycles. The van der Waals surface area contributed by atoms with E-state index in [2.05, 4.69) is 0 Å². The lowest BCUT2D eigenvalue weighted by Gasteiger charge is -2.17. The lowest BCUT2D eigenvalue weighted by molar-refractivity contribution is 0.103. The number of hydrogen-bond donors (Lipinski definition) is 2. The molecule has 4 aromatic rings. The maximum absolute atomic E-state index is 14.0. The van der Waals surface area contributed by atoms with Crippen molar-refractivity contribution in [1.29, 1.82) is 0 Å². The van der Waals surface area contributed by atoms with Gasteiger partial charge in [0, 0.05) is 0 Å². The predicted molar refractivity (Wildman–Crippen MR) is 116 cm³/mol. The van der Waals surface area contributed by atoms with E-state index >= 15 is 0 Å². The average molecular weight is 402 g/mol. The highest BCUT2D eigenvalue weighted by molar-refractivity contribution is 6.24. The summed E-state index contributed by atoms with van der Waals surface area (Å²) in [5, 5.41) is 21.8. The number of hydrogen-bond acceptors (Lipinski definition) is 5. The second-order valence-corrected chi connectivity index (χ2v) is 6.79. The maximum atomic E-state index is 14.0. The van der Waals surface area contributed by atoms with Gasteiger partial charge in [-0.25, -0.2) is 0 Å². The highest BCUT2D eigenvalue weighted by Crippen LogP contribution is 2.36. The van der Waals surface area contributed by atoms with Gasteiger partial charge in [-0.15, -0.1) is 0 Å². The smallest absolute Gasteiger partial charge is 0.201 e. The fourth-order valence-corrected chi connectivity index (χ4v) is 3.65. The molecule has 5 heteroatoms. The molecule has 5 nitrogen and oxygen atoms in total. The van der Waals surface area contributed by atoms with Gasteiger partial charge in [0.05, 0.1) is 24.3 Å². The van der Waals surface area contributed by atoms with Gasteiger partial charge in [0.25, 0.3) is 0 Å². The molecule has 0 radical (unpaired) electrons. The molecule has 152 valence electrons. The van der Waals surface area contributed by atoms with Crippen molar-refractivity contribution in [1.82, 2.24) is 0 Å². The highest BCUT2D eigenvalue weighted by atomic mass is 16.5. The SMILES string of the molecule is O=C(c1c(OCCO)ccc2ccccc12)c1c(OCCO)ccc2ccccc12. The summed E-state index contributed by atoms with van der Waals surface area (Å²) in [6.07, 6.45) is 0. The molecule has 0 saturated carbocycles. The minimum absolute atomic E-state index is 0.0853. The molecule has 0 bridgehead atoms. The van der Waals surface area contributed by atoms with Crippen LogP contribution in [-0.2, 0) is 0 Å². The Bertz CT molecular complexity index is 1110. The summed E-state index contributed by atoms with van der Waals surface area (Å²) >= 11 is 0. The van der Waals surface area contributed by atoms with Crippen LogP contribution in [-0.4, -0.2) is 42.4 Å². The van der Waals surface area contributed by atoms with Crippen LogP contribution >= 0.6 is 0 Å². The number of benzene rings is 4. The topological polar surface area (TPSA) is 76.0 Å². The van der Waals surface area contributed by atoms with Crippen LogP contribution in [0.5, 0.6) is 11.5 Å². The van der Waals surface area contributed by atoms with Gasteiger partial charge in [-0.1, -0.05) is 60.7 Å². The van der Waals surface area contributed by atoms with Gasteiger partial charge in [-0.05, 0) is 33.7 Å². The van der Waals surface area contributed by atoms with Crippen molar-refractivity contribution in [3.63, 3.8) is 0 Å². The van der Waals surface area contributed by atoms with Crippen molar-refractivity contribution in [2.24, 2.45) is 0 Å². The van der Waals surface area contributed by atoms with E-state index < -0.39 is 0 Å². The van der Waals surface area contributed by atoms with Crippen LogP contribution in [0.25, 0.3) is 21.5 Å². The van der Waals surface area contributed by atoms with Gasteiger partial charge < -0.3 is 19.7 Å². The summed E-state index contributed by atoms with van der Waals surface area (Å²) < 4.78 is 11.4. The van der Waals surface area contributed by atoms with E-state index in [1.165, 1.54) is 0 Å². The first-order chi connectivity index (χ1) is 14.7. The first-order valence-electron chi connectivity index (χ1n) is 9.80. The van der Waals surface area contributed by atoms with Crippen LogP contribution < -0.4 is 9.47 Å². The van der Waals surface area contributed by atoms with Crippen molar-refractivity contribution < 1.29 is 24.5 Å². The largest absolute Gasteiger partial charge is 0.490 e. The molecule has 0 aromatic heterocycles. The van der Waals surface area contributed by atoms with Crippen molar-refractivity contribution in [3.8, 4) is 11.5 Å². The quantitative estimate of drug-likeness (QED) is 0.436. The zero-order valence-corrected chi connectivity index (χ0v) is 16.4. The van der Waals surface area contributed by atoms with Gasteiger partial charge >= 0.3 is 0 Å². The molecule has 4 aromatic carbocycles. The van der Waals surface area contributed by atoms with Gasteiger partial charge in [-0.2, -0.15) is 0 Å². The van der Waals surface area contributed by atoms with E-state index in [-0.39, 0.29) is 32.2 Å². The molecule has 0 spiro atoms. The van der Waals surface area contributed by atoms with E-state index in [4.69, 9.17) is 9.47 Å². The van der Waals surface area contributed by atoms with Crippen LogP contribution in [0, 0.1) is 0 Å². The molecule has 0 saturated heterocycles. The van der Waals surface area contributed by atoms with Crippen molar-refractivity contribution in [3.05, 3.63) is 83.9 Å². The Morgan fingerprint density at radius 1 is 0.633 bits per heavy atom. The third-order valence-electron chi connectivity index (χ3n) is 4.93. The van der Waals surface area contributed by atoms with Crippen molar-refractivity contribution in [2.45, 2.75) is 0 Å². The fraction of sp³-hybridized carbons (Fsp3) is 0.160. The minimum Gasteiger partial charge on any atom is -0.490 e. The summed E-state index contributed by atoms with van der Waals surface area (Å²) in [5.74, 6) is 0.590. The standard InChI is InChI=1S/C25H22O5/c26-13-15-29-21-11-9-17-5-1-3-7-19(17)23(21)25(28)24-20-8-4-2-6-18(20)10-12-22(24)30-16-14-27/h1-12,26-27H,13-16H2. The highest BCUT2D eigenvalue weighted by Gasteiger charge is 2.24. The number of ketones is 1. The van der Waals surface area contributed by atoms with E-state index in [9.17, 15) is 15.0 Å². The molecule has 0 aliphatic carbocycles. The monoisotopic (exact) mass is 402 g/mol. The van der Waals surface area contributed by atoms with Crippen LogP contribution in [0.1, 0.15) is 15.9 Å². The van der Waals surface area contributed by atoms with Gasteiger partial charge in [0.2, 0.25) is 5.78 Å².